The van der Waals surface area contributed by atoms with Crippen molar-refractivity contribution in [3.63, 3.8) is 0 Å². The maximum absolute atomic E-state index is 4.83. The molecule has 76 valence electrons. The summed E-state index contributed by atoms with van der Waals surface area (Å²) in [5.74, 6) is 12.2. The quantitative estimate of drug-likeness (QED) is 0.417. The van der Waals surface area contributed by atoms with Gasteiger partial charge in [0.2, 0.25) is 0 Å². The van der Waals surface area contributed by atoms with Gasteiger partial charge in [0.1, 0.15) is 0 Å². The molecule has 0 amide bonds. The van der Waals surface area contributed by atoms with Gasteiger partial charge in [-0.15, -0.1) is 6.42 Å². The predicted molar refractivity (Wildman–Crippen MR) is 60.8 cm³/mol. The molecule has 0 heterocycles. The van der Waals surface area contributed by atoms with Gasteiger partial charge >= 0.3 is 0 Å². The summed E-state index contributed by atoms with van der Waals surface area (Å²) in [5.41, 5.74) is 0. The molecule has 14 heavy (non-hydrogen) atoms. The fraction of sp³-hybridized carbons (Fsp3) is 0.231. The largest absolute Gasteiger partial charge is 1.00 e. The highest BCUT2D eigenvalue weighted by atomic mass is 79.9. The second kappa shape index (κ2) is 22.6. The summed E-state index contributed by atoms with van der Waals surface area (Å²) < 4.78 is 0. The van der Waals surface area contributed by atoms with E-state index in [0.29, 0.717) is 0 Å². The summed E-state index contributed by atoms with van der Waals surface area (Å²) in [6.45, 7) is 5.89. The maximum atomic E-state index is 4.83. The highest BCUT2D eigenvalue weighted by molar-refractivity contribution is 5.36. The number of allylic oxidation sites excluding steroid dienone is 4. The van der Waals surface area contributed by atoms with Gasteiger partial charge in [-0.1, -0.05) is 24.1 Å². The Morgan fingerprint density at radius 2 is 1.50 bits per heavy atom. The smallest absolute Gasteiger partial charge is 0.000718 e. The van der Waals surface area contributed by atoms with Crippen molar-refractivity contribution < 1.29 is 18.4 Å². The van der Waals surface area contributed by atoms with Crippen molar-refractivity contribution in [2.24, 2.45) is 0 Å². The van der Waals surface area contributed by atoms with Crippen LogP contribution in [-0.2, 0) is 0 Å². The summed E-state index contributed by atoms with van der Waals surface area (Å²) in [6.07, 6.45) is 12.4. The Labute approximate surface area is 99.7 Å². The summed E-state index contributed by atoms with van der Waals surface area (Å²) in [6, 6.07) is 0. The van der Waals surface area contributed by atoms with Crippen LogP contribution >= 0.6 is 0 Å². The third kappa shape index (κ3) is 31.1. The molecule has 0 atom stereocenters. The topological polar surface area (TPSA) is 0 Å². The van der Waals surface area contributed by atoms with Crippen LogP contribution in [0.25, 0.3) is 0 Å². The summed E-state index contributed by atoms with van der Waals surface area (Å²) in [5, 5.41) is 0. The lowest BCUT2D eigenvalue weighted by molar-refractivity contribution is -0.00000281. The van der Waals surface area contributed by atoms with Gasteiger partial charge in [0.05, 0.1) is 0 Å². The molecule has 0 aliphatic carbocycles. The van der Waals surface area contributed by atoms with Crippen LogP contribution in [0.5, 0.6) is 0 Å². The lowest BCUT2D eigenvalue weighted by atomic mass is 10.5. The molecule has 0 spiro atoms. The van der Waals surface area contributed by atoms with Gasteiger partial charge in [-0.05, 0) is 50.5 Å². The first-order valence-electron chi connectivity index (χ1n) is 3.98. The zero-order valence-corrected chi connectivity index (χ0v) is 10.4. The van der Waals surface area contributed by atoms with Crippen LogP contribution < -0.4 is 17.0 Å². The van der Waals surface area contributed by atoms with E-state index in [1.165, 1.54) is 0 Å². The average Bonchev–Trinajstić information content (AvgIpc) is 2.18. The highest BCUT2D eigenvalue weighted by Crippen LogP contribution is 1.62. The molecular formula is C13H15Br-2. The van der Waals surface area contributed by atoms with Gasteiger partial charge in [0.25, 0.3) is 0 Å². The van der Waals surface area contributed by atoms with Crippen LogP contribution in [0.2, 0.25) is 0 Å². The van der Waals surface area contributed by atoms with Crippen LogP contribution in [0.4, 0.5) is 0 Å². The molecule has 0 bridgehead atoms. The van der Waals surface area contributed by atoms with Crippen LogP contribution in [0, 0.1) is 36.0 Å². The average molecular weight is 251 g/mol. The molecule has 0 unspecified atom stereocenters. The zero-order chi connectivity index (χ0) is 10.4. The van der Waals surface area contributed by atoms with Crippen LogP contribution in [0.3, 0.4) is 0 Å². The Morgan fingerprint density at radius 3 is 1.86 bits per heavy atom. The van der Waals surface area contributed by atoms with E-state index in [1.807, 2.05) is 39.0 Å². The van der Waals surface area contributed by atoms with E-state index >= 15 is 0 Å². The number of hydrogen-bond acceptors (Lipinski definition) is 0. The van der Waals surface area contributed by atoms with Crippen LogP contribution in [0.1, 0.15) is 22.2 Å². The lowest BCUT2D eigenvalue weighted by Crippen LogP contribution is -3.00. The third-order valence-electron chi connectivity index (χ3n) is 0.853. The van der Waals surface area contributed by atoms with Gasteiger partial charge in [0.15, 0.2) is 0 Å². The molecule has 0 fully saturated rings. The van der Waals surface area contributed by atoms with Crippen molar-refractivity contribution in [3.05, 3.63) is 24.3 Å². The van der Waals surface area contributed by atoms with E-state index in [2.05, 4.69) is 29.6 Å². The standard InChI is InChI=1S/C9H6.C4H8.BrH.H/c1-3-5-7-9-8-6-4-2;1-3-4-2;;/h1,4,6H,2H3;3-4H,1-2H3;1H;/q;;;-1/p-1. The Morgan fingerprint density at radius 1 is 0.929 bits per heavy atom. The van der Waals surface area contributed by atoms with Gasteiger partial charge in [-0.3, -0.25) is 0 Å². The van der Waals surface area contributed by atoms with Crippen LogP contribution in [0.15, 0.2) is 24.3 Å². The van der Waals surface area contributed by atoms with E-state index in [0.717, 1.165) is 0 Å². The molecular weight excluding hydrogens is 236 g/mol. The second-order valence-corrected chi connectivity index (χ2v) is 1.83. The lowest BCUT2D eigenvalue weighted by Gasteiger charge is -1.57. The molecule has 0 aromatic rings. The van der Waals surface area contributed by atoms with E-state index in [1.54, 1.807) is 6.08 Å². The molecule has 0 rings (SSSR count). The predicted octanol–water partition coefficient (Wildman–Crippen LogP) is -0.0986. The van der Waals surface area contributed by atoms with Gasteiger partial charge in [0, 0.05) is 0 Å². The monoisotopic (exact) mass is 250 g/mol. The molecule has 0 saturated heterocycles. The van der Waals surface area contributed by atoms with Crippen molar-refractivity contribution in [3.8, 4) is 36.0 Å². The molecule has 0 aliphatic heterocycles. The third-order valence-corrected chi connectivity index (χ3v) is 0.853. The zero-order valence-electron chi connectivity index (χ0n) is 9.76. The molecule has 0 aliphatic rings. The van der Waals surface area contributed by atoms with E-state index < -0.39 is 0 Å². The Hall–Kier alpha value is -1.36. The molecule has 0 aromatic heterocycles. The van der Waals surface area contributed by atoms with Gasteiger partial charge in [-0.25, -0.2) is 0 Å². The summed E-state index contributed by atoms with van der Waals surface area (Å²) in [4.78, 5) is 0. The first kappa shape index (κ1) is 18.4. The fourth-order valence-electron chi connectivity index (χ4n) is 0.228. The maximum Gasteiger partial charge on any atom is -0.000718 e. The summed E-state index contributed by atoms with van der Waals surface area (Å²) >= 11 is 0. The molecule has 0 aromatic carbocycles. The number of halogens is 1. The van der Waals surface area contributed by atoms with Gasteiger partial charge in [-0.2, -0.15) is 0 Å². The van der Waals surface area contributed by atoms with E-state index in [-0.39, 0.29) is 18.4 Å². The van der Waals surface area contributed by atoms with E-state index in [9.17, 15) is 0 Å². The van der Waals surface area contributed by atoms with Crippen molar-refractivity contribution in [1.82, 2.24) is 0 Å². The summed E-state index contributed by atoms with van der Waals surface area (Å²) in [7, 11) is 0. The molecule has 1 heteroatoms. The minimum absolute atomic E-state index is 0. The van der Waals surface area contributed by atoms with Crippen molar-refractivity contribution in [2.45, 2.75) is 20.8 Å². The van der Waals surface area contributed by atoms with Crippen molar-refractivity contribution >= 4 is 0 Å². The van der Waals surface area contributed by atoms with Crippen LogP contribution in [-0.4, -0.2) is 0 Å². The Balaban J connectivity index is -0.0000000883. The first-order valence-corrected chi connectivity index (χ1v) is 3.98. The second-order valence-electron chi connectivity index (χ2n) is 1.83. The molecule has 0 radical (unpaired) electrons. The first-order chi connectivity index (χ1) is 6.33. The van der Waals surface area contributed by atoms with E-state index in [4.69, 9.17) is 6.42 Å². The van der Waals surface area contributed by atoms with Crippen molar-refractivity contribution in [2.75, 3.05) is 0 Å². The normalized spacial score (nSPS) is 6.71. The Kier molecular flexibility index (Phi) is 29.7. The number of rotatable bonds is 0. The molecule has 0 N–H and O–H groups in total. The van der Waals surface area contributed by atoms with Crippen molar-refractivity contribution in [1.29, 1.82) is 0 Å². The number of hydrogen-bond donors (Lipinski definition) is 0. The minimum atomic E-state index is 0. The highest BCUT2D eigenvalue weighted by Gasteiger charge is 1.52. The number of terminal acetylenes is 1. The SMILES string of the molecule is C#CC#CC#CC=CC.CC=CC.[Br-].[H-]. The minimum Gasteiger partial charge on any atom is -1.00 e. The Bertz CT molecular complexity index is 306. The van der Waals surface area contributed by atoms with Gasteiger partial charge < -0.3 is 18.4 Å². The molecule has 0 nitrogen and oxygen atoms in total. The molecule has 0 saturated carbocycles. The fourth-order valence-corrected chi connectivity index (χ4v) is 0.228.